The van der Waals surface area contributed by atoms with Crippen molar-refractivity contribution in [2.75, 3.05) is 12.4 Å². The van der Waals surface area contributed by atoms with Crippen LogP contribution < -0.4 is 5.32 Å². The maximum absolute atomic E-state index is 11.9. The van der Waals surface area contributed by atoms with Gasteiger partial charge in [-0.15, -0.1) is 0 Å². The fraction of sp³-hybridized carbons (Fsp3) is 0.176. The molecular formula is C17H16N2O4. The van der Waals surface area contributed by atoms with E-state index in [2.05, 4.69) is 15.0 Å². The molecule has 118 valence electrons. The van der Waals surface area contributed by atoms with Gasteiger partial charge in [0.25, 0.3) is 0 Å². The van der Waals surface area contributed by atoms with E-state index in [4.69, 9.17) is 0 Å². The summed E-state index contributed by atoms with van der Waals surface area (Å²) in [7, 11) is 1.28. The maximum atomic E-state index is 11.9. The number of nitrogens with zero attached hydrogens (tertiary/aromatic N) is 1. The van der Waals surface area contributed by atoms with Gasteiger partial charge >= 0.3 is 5.97 Å². The molecule has 23 heavy (non-hydrogen) atoms. The second kappa shape index (κ2) is 7.84. The molecule has 0 unspecified atom stereocenters. The normalized spacial score (nSPS) is 9.96. The van der Waals surface area contributed by atoms with Crippen molar-refractivity contribution >= 4 is 23.5 Å². The second-order valence-electron chi connectivity index (χ2n) is 4.76. The highest BCUT2D eigenvalue weighted by molar-refractivity contribution is 5.99. The fourth-order valence-corrected chi connectivity index (χ4v) is 1.91. The molecule has 1 aromatic heterocycles. The third-order valence-electron chi connectivity index (χ3n) is 3.13. The van der Waals surface area contributed by atoms with Crippen molar-refractivity contribution in [3.8, 4) is 0 Å². The van der Waals surface area contributed by atoms with Crippen LogP contribution >= 0.6 is 0 Å². The predicted molar refractivity (Wildman–Crippen MR) is 84.2 cm³/mol. The van der Waals surface area contributed by atoms with Gasteiger partial charge in [0.15, 0.2) is 5.78 Å². The van der Waals surface area contributed by atoms with Crippen LogP contribution in [0, 0.1) is 0 Å². The third-order valence-corrected chi connectivity index (χ3v) is 3.13. The number of Topliss-reactive ketones (excluding diaryl/α,β-unsaturated/α-hetero) is 1. The number of esters is 1. The molecule has 0 saturated heterocycles. The van der Waals surface area contributed by atoms with E-state index in [0.717, 1.165) is 0 Å². The number of rotatable bonds is 6. The summed E-state index contributed by atoms with van der Waals surface area (Å²) in [6.07, 6.45) is 1.50. The maximum Gasteiger partial charge on any atom is 0.339 e. The zero-order valence-corrected chi connectivity index (χ0v) is 12.6. The Morgan fingerprint density at radius 3 is 2.35 bits per heavy atom. The summed E-state index contributed by atoms with van der Waals surface area (Å²) in [5.74, 6) is -0.582. The van der Waals surface area contributed by atoms with Crippen molar-refractivity contribution in [1.29, 1.82) is 0 Å². The number of ketones is 1. The predicted octanol–water partition coefficient (Wildman–Crippen LogP) is 2.47. The highest BCUT2D eigenvalue weighted by atomic mass is 16.5. The summed E-state index contributed by atoms with van der Waals surface area (Å²) >= 11 is 0. The lowest BCUT2D eigenvalue weighted by atomic mass is 10.1. The van der Waals surface area contributed by atoms with E-state index in [0.29, 0.717) is 16.9 Å². The van der Waals surface area contributed by atoms with Gasteiger partial charge in [-0.05, 0) is 12.1 Å². The molecule has 6 nitrogen and oxygen atoms in total. The van der Waals surface area contributed by atoms with Crippen molar-refractivity contribution in [3.05, 3.63) is 59.8 Å². The average Bonchev–Trinajstić information content (AvgIpc) is 2.60. The van der Waals surface area contributed by atoms with E-state index in [9.17, 15) is 14.4 Å². The van der Waals surface area contributed by atoms with Gasteiger partial charge in [0.2, 0.25) is 5.91 Å². The van der Waals surface area contributed by atoms with Gasteiger partial charge in [-0.25, -0.2) is 9.78 Å². The zero-order chi connectivity index (χ0) is 16.7. The van der Waals surface area contributed by atoms with Gasteiger partial charge in [-0.3, -0.25) is 9.59 Å². The summed E-state index contributed by atoms with van der Waals surface area (Å²) in [5, 5.41) is 2.58. The van der Waals surface area contributed by atoms with Crippen LogP contribution in [0.3, 0.4) is 0 Å². The fourth-order valence-electron chi connectivity index (χ4n) is 1.91. The average molecular weight is 312 g/mol. The molecule has 6 heteroatoms. The number of nitrogens with one attached hydrogen (secondary N) is 1. The summed E-state index contributed by atoms with van der Waals surface area (Å²) in [6, 6.07) is 11.8. The number of benzene rings is 1. The van der Waals surface area contributed by atoms with E-state index in [1.54, 1.807) is 24.3 Å². The molecule has 0 fully saturated rings. The van der Waals surface area contributed by atoms with E-state index in [1.807, 2.05) is 6.07 Å². The molecule has 0 atom stereocenters. The number of aromatic nitrogens is 1. The number of carbonyl (C=O) groups is 3. The molecule has 0 radical (unpaired) electrons. The Hall–Kier alpha value is -3.02. The number of hydrogen-bond donors (Lipinski definition) is 1. The lowest BCUT2D eigenvalue weighted by molar-refractivity contribution is -0.116. The van der Waals surface area contributed by atoms with Crippen LogP contribution in [-0.2, 0) is 9.53 Å². The number of carbonyl (C=O) groups excluding carboxylic acids is 3. The van der Waals surface area contributed by atoms with Crippen LogP contribution in [0.4, 0.5) is 5.82 Å². The molecule has 0 aliphatic rings. The standard InChI is InChI=1S/C17H16N2O4/c1-23-17(22)13-7-9-15(18-11-13)19-16(21)10-8-14(20)12-5-3-2-4-6-12/h2-7,9,11H,8,10H2,1H3,(H,18,19,21). The van der Waals surface area contributed by atoms with Crippen molar-refractivity contribution in [2.24, 2.45) is 0 Å². The monoisotopic (exact) mass is 312 g/mol. The van der Waals surface area contributed by atoms with E-state index in [-0.39, 0.29) is 24.5 Å². The first-order chi connectivity index (χ1) is 11.1. The van der Waals surface area contributed by atoms with Crippen LogP contribution in [-0.4, -0.2) is 29.8 Å². The van der Waals surface area contributed by atoms with Crippen LogP contribution in [0.15, 0.2) is 48.7 Å². The minimum absolute atomic E-state index is 0.0637. The minimum atomic E-state index is -0.496. The van der Waals surface area contributed by atoms with Crippen LogP contribution in [0.25, 0.3) is 0 Å². The van der Waals surface area contributed by atoms with Crippen molar-refractivity contribution in [2.45, 2.75) is 12.8 Å². The molecule has 2 rings (SSSR count). The first kappa shape index (κ1) is 16.4. The molecule has 0 aliphatic heterocycles. The molecule has 2 aromatic rings. The number of ether oxygens (including phenoxy) is 1. The Morgan fingerprint density at radius 2 is 1.74 bits per heavy atom. The van der Waals surface area contributed by atoms with Crippen LogP contribution in [0.2, 0.25) is 0 Å². The lowest BCUT2D eigenvalue weighted by Crippen LogP contribution is -2.14. The van der Waals surface area contributed by atoms with E-state index in [1.165, 1.54) is 25.4 Å². The summed E-state index contributed by atoms with van der Waals surface area (Å²) in [6.45, 7) is 0. The summed E-state index contributed by atoms with van der Waals surface area (Å²) in [5.41, 5.74) is 0.880. The molecule has 0 saturated carbocycles. The number of anilines is 1. The van der Waals surface area contributed by atoms with Gasteiger partial charge < -0.3 is 10.1 Å². The van der Waals surface area contributed by atoms with Gasteiger partial charge in [-0.2, -0.15) is 0 Å². The van der Waals surface area contributed by atoms with Gasteiger partial charge in [0.05, 0.1) is 12.7 Å². The molecule has 1 amide bonds. The Balaban J connectivity index is 1.85. The Morgan fingerprint density at radius 1 is 1.00 bits per heavy atom. The van der Waals surface area contributed by atoms with E-state index < -0.39 is 5.97 Å². The molecular weight excluding hydrogens is 296 g/mol. The van der Waals surface area contributed by atoms with Crippen LogP contribution in [0.5, 0.6) is 0 Å². The SMILES string of the molecule is COC(=O)c1ccc(NC(=O)CCC(=O)c2ccccc2)nc1. The topological polar surface area (TPSA) is 85.4 Å². The van der Waals surface area contributed by atoms with Gasteiger partial charge in [-0.1, -0.05) is 30.3 Å². The number of hydrogen-bond acceptors (Lipinski definition) is 5. The molecule has 0 spiro atoms. The number of pyridine rings is 1. The van der Waals surface area contributed by atoms with Crippen molar-refractivity contribution in [1.82, 2.24) is 4.98 Å². The van der Waals surface area contributed by atoms with Gasteiger partial charge in [0, 0.05) is 24.6 Å². The summed E-state index contributed by atoms with van der Waals surface area (Å²) in [4.78, 5) is 39.0. The quantitative estimate of drug-likeness (QED) is 0.654. The Kier molecular flexibility index (Phi) is 5.57. The minimum Gasteiger partial charge on any atom is -0.465 e. The largest absolute Gasteiger partial charge is 0.465 e. The first-order valence-electron chi connectivity index (χ1n) is 7.02. The third kappa shape index (κ3) is 4.74. The molecule has 0 aliphatic carbocycles. The second-order valence-corrected chi connectivity index (χ2v) is 4.76. The highest BCUT2D eigenvalue weighted by Gasteiger charge is 2.10. The lowest BCUT2D eigenvalue weighted by Gasteiger charge is -2.05. The molecule has 1 aromatic carbocycles. The number of amides is 1. The smallest absolute Gasteiger partial charge is 0.339 e. The zero-order valence-electron chi connectivity index (χ0n) is 12.6. The molecule has 1 N–H and O–H groups in total. The molecule has 1 heterocycles. The first-order valence-corrected chi connectivity index (χ1v) is 7.02. The van der Waals surface area contributed by atoms with Gasteiger partial charge in [0.1, 0.15) is 5.82 Å². The van der Waals surface area contributed by atoms with Crippen molar-refractivity contribution in [3.63, 3.8) is 0 Å². The van der Waals surface area contributed by atoms with Crippen molar-refractivity contribution < 1.29 is 19.1 Å². The Bertz CT molecular complexity index is 696. The Labute approximate surface area is 133 Å². The van der Waals surface area contributed by atoms with E-state index >= 15 is 0 Å². The van der Waals surface area contributed by atoms with Crippen LogP contribution in [0.1, 0.15) is 33.6 Å². The number of methoxy groups -OCH3 is 1. The molecule has 0 bridgehead atoms. The summed E-state index contributed by atoms with van der Waals surface area (Å²) < 4.78 is 4.56. The highest BCUT2D eigenvalue weighted by Crippen LogP contribution is 2.09.